The second-order valence-corrected chi connectivity index (χ2v) is 3.03. The number of carboxylic acids is 1. The summed E-state index contributed by atoms with van der Waals surface area (Å²) in [6, 6.07) is 5.89. The van der Waals surface area contributed by atoms with Gasteiger partial charge >= 0.3 is 5.97 Å². The Morgan fingerprint density at radius 1 is 1.53 bits per heavy atom. The van der Waals surface area contributed by atoms with Gasteiger partial charge in [-0.3, -0.25) is 0 Å². The van der Waals surface area contributed by atoms with Crippen molar-refractivity contribution >= 4 is 23.6 Å². The molecule has 1 rings (SSSR count). The first-order valence-corrected chi connectivity index (χ1v) is 4.26. The maximum Gasteiger partial charge on any atom is 0.346 e. The van der Waals surface area contributed by atoms with Crippen LogP contribution in [0.3, 0.4) is 0 Å². The summed E-state index contributed by atoms with van der Waals surface area (Å²) in [6.07, 6.45) is 1.10. The Morgan fingerprint density at radius 3 is 2.73 bits per heavy atom. The van der Waals surface area contributed by atoms with E-state index < -0.39 is 11.5 Å². The molecule has 0 unspecified atom stereocenters. The van der Waals surface area contributed by atoms with E-state index in [-0.39, 0.29) is 16.3 Å². The van der Waals surface area contributed by atoms with Gasteiger partial charge in [0.25, 0.3) is 0 Å². The highest BCUT2D eigenvalue weighted by atomic mass is 35.5. The number of hydrogen-bond donors (Lipinski definition) is 2. The molecule has 2 N–H and O–H groups in total. The molecule has 0 saturated heterocycles. The van der Waals surface area contributed by atoms with Gasteiger partial charge in [-0.05, 0) is 17.7 Å². The number of nitrogens with zero attached hydrogens (tertiary/aromatic N) is 1. The number of aromatic hydroxyl groups is 1. The van der Waals surface area contributed by atoms with Gasteiger partial charge < -0.3 is 10.2 Å². The molecule has 0 radical (unpaired) electrons. The van der Waals surface area contributed by atoms with Crippen LogP contribution in [0.15, 0.2) is 23.8 Å². The van der Waals surface area contributed by atoms with Gasteiger partial charge in [-0.25, -0.2) is 4.79 Å². The number of benzene rings is 1. The van der Waals surface area contributed by atoms with Crippen LogP contribution in [-0.4, -0.2) is 16.2 Å². The molecule has 0 spiro atoms. The van der Waals surface area contributed by atoms with E-state index in [0.717, 1.165) is 6.08 Å². The van der Waals surface area contributed by atoms with E-state index in [1.165, 1.54) is 24.3 Å². The van der Waals surface area contributed by atoms with Crippen LogP contribution in [0, 0.1) is 11.3 Å². The molecule has 0 heterocycles. The second kappa shape index (κ2) is 4.49. The van der Waals surface area contributed by atoms with Gasteiger partial charge in [0.05, 0.1) is 5.02 Å². The van der Waals surface area contributed by atoms with Crippen LogP contribution >= 0.6 is 11.6 Å². The number of halogens is 1. The lowest BCUT2D eigenvalue weighted by Gasteiger charge is -2.00. The molecule has 0 bridgehead atoms. The molecule has 1 aromatic rings. The fraction of sp³-hybridized carbons (Fsp3) is 0. The van der Waals surface area contributed by atoms with E-state index in [4.69, 9.17) is 22.0 Å². The van der Waals surface area contributed by atoms with Crippen LogP contribution < -0.4 is 0 Å². The van der Waals surface area contributed by atoms with Crippen LogP contribution in [0.4, 0.5) is 0 Å². The van der Waals surface area contributed by atoms with Gasteiger partial charge in [0.1, 0.15) is 17.4 Å². The molecule has 0 aliphatic heterocycles. The summed E-state index contributed by atoms with van der Waals surface area (Å²) in [6.45, 7) is 0. The highest BCUT2D eigenvalue weighted by Crippen LogP contribution is 2.28. The van der Waals surface area contributed by atoms with Crippen molar-refractivity contribution in [1.82, 2.24) is 0 Å². The maximum atomic E-state index is 10.5. The van der Waals surface area contributed by atoms with Crippen molar-refractivity contribution in [3.05, 3.63) is 34.4 Å². The molecule has 0 amide bonds. The molecule has 0 saturated carbocycles. The minimum Gasteiger partial charge on any atom is -0.506 e. The average Bonchev–Trinajstić information content (AvgIpc) is 2.19. The average molecular weight is 224 g/mol. The summed E-state index contributed by atoms with van der Waals surface area (Å²) in [4.78, 5) is 10.5. The molecule has 5 heteroatoms. The third-order valence-electron chi connectivity index (χ3n) is 1.66. The Bertz CT molecular complexity index is 474. The van der Waals surface area contributed by atoms with Gasteiger partial charge in [0.15, 0.2) is 0 Å². The third kappa shape index (κ3) is 2.48. The van der Waals surface area contributed by atoms with Crippen LogP contribution in [0.5, 0.6) is 5.75 Å². The van der Waals surface area contributed by atoms with Crippen molar-refractivity contribution in [2.24, 2.45) is 0 Å². The highest BCUT2D eigenvalue weighted by Gasteiger charge is 2.08. The predicted molar refractivity (Wildman–Crippen MR) is 54.3 cm³/mol. The van der Waals surface area contributed by atoms with Crippen molar-refractivity contribution in [3.63, 3.8) is 0 Å². The number of phenols is 1. The molecule has 0 atom stereocenters. The van der Waals surface area contributed by atoms with Gasteiger partial charge in [-0.15, -0.1) is 0 Å². The fourth-order valence-corrected chi connectivity index (χ4v) is 1.13. The van der Waals surface area contributed by atoms with E-state index >= 15 is 0 Å². The maximum absolute atomic E-state index is 10.5. The smallest absolute Gasteiger partial charge is 0.346 e. The Kier molecular flexibility index (Phi) is 3.32. The minimum absolute atomic E-state index is 0.0199. The third-order valence-corrected chi connectivity index (χ3v) is 2.07. The number of carboxylic acid groups (broad SMARTS) is 1. The van der Waals surface area contributed by atoms with Crippen molar-refractivity contribution in [1.29, 1.82) is 5.26 Å². The molecule has 0 fully saturated rings. The molecule has 0 aromatic heterocycles. The summed E-state index contributed by atoms with van der Waals surface area (Å²) in [5.41, 5.74) is -0.155. The lowest BCUT2D eigenvalue weighted by molar-refractivity contribution is -0.132. The quantitative estimate of drug-likeness (QED) is 0.594. The Morgan fingerprint density at radius 2 is 2.20 bits per heavy atom. The fourth-order valence-electron chi connectivity index (χ4n) is 0.946. The molecule has 76 valence electrons. The standard InChI is InChI=1S/C10H6ClNO3/c11-9-6(2-1-3-8(9)13)4-7(5-12)10(14)15/h1-4,13H,(H,14,15)/b7-4+. The minimum atomic E-state index is -1.34. The van der Waals surface area contributed by atoms with Gasteiger partial charge in [0.2, 0.25) is 0 Å². The molecular formula is C10H6ClNO3. The van der Waals surface area contributed by atoms with E-state index in [1.54, 1.807) is 0 Å². The highest BCUT2D eigenvalue weighted by molar-refractivity contribution is 6.33. The van der Waals surface area contributed by atoms with E-state index in [1.807, 2.05) is 0 Å². The van der Waals surface area contributed by atoms with E-state index in [2.05, 4.69) is 0 Å². The summed E-state index contributed by atoms with van der Waals surface area (Å²) >= 11 is 5.70. The van der Waals surface area contributed by atoms with Crippen molar-refractivity contribution in [3.8, 4) is 11.8 Å². The van der Waals surface area contributed by atoms with Crippen molar-refractivity contribution < 1.29 is 15.0 Å². The molecule has 0 aliphatic rings. The van der Waals surface area contributed by atoms with Crippen LogP contribution in [-0.2, 0) is 4.79 Å². The zero-order valence-corrected chi connectivity index (χ0v) is 8.19. The van der Waals surface area contributed by atoms with Gasteiger partial charge in [0, 0.05) is 0 Å². The predicted octanol–water partition coefficient (Wildman–Crippen LogP) is 2.04. The summed E-state index contributed by atoms with van der Waals surface area (Å²) < 4.78 is 0. The Labute approximate surface area is 90.6 Å². The van der Waals surface area contributed by atoms with Crippen LogP contribution in [0.2, 0.25) is 5.02 Å². The summed E-state index contributed by atoms with van der Waals surface area (Å²) in [5, 5.41) is 26.4. The zero-order valence-electron chi connectivity index (χ0n) is 7.44. The Balaban J connectivity index is 3.25. The number of nitriles is 1. The number of aliphatic carboxylic acids is 1. The number of hydrogen-bond acceptors (Lipinski definition) is 3. The number of phenolic OH excluding ortho intramolecular Hbond substituents is 1. The molecule has 15 heavy (non-hydrogen) atoms. The largest absolute Gasteiger partial charge is 0.506 e. The molecular weight excluding hydrogens is 218 g/mol. The lowest BCUT2D eigenvalue weighted by Crippen LogP contribution is -1.97. The van der Waals surface area contributed by atoms with Gasteiger partial charge in [-0.2, -0.15) is 5.26 Å². The molecule has 1 aromatic carbocycles. The number of carbonyl (C=O) groups is 1. The van der Waals surface area contributed by atoms with Crippen molar-refractivity contribution in [2.45, 2.75) is 0 Å². The van der Waals surface area contributed by atoms with Crippen LogP contribution in [0.25, 0.3) is 6.08 Å². The molecule has 0 aliphatic carbocycles. The normalized spacial score (nSPS) is 10.8. The van der Waals surface area contributed by atoms with Gasteiger partial charge in [-0.1, -0.05) is 23.7 Å². The van der Waals surface area contributed by atoms with E-state index in [9.17, 15) is 9.90 Å². The monoisotopic (exact) mass is 223 g/mol. The zero-order chi connectivity index (χ0) is 11.4. The first-order chi connectivity index (χ1) is 7.06. The van der Waals surface area contributed by atoms with Crippen LogP contribution in [0.1, 0.15) is 5.56 Å². The molecule has 4 nitrogen and oxygen atoms in total. The summed E-state index contributed by atoms with van der Waals surface area (Å²) in [5.74, 6) is -1.50. The summed E-state index contributed by atoms with van der Waals surface area (Å²) in [7, 11) is 0. The first kappa shape index (κ1) is 11.1. The lowest BCUT2D eigenvalue weighted by atomic mass is 10.1. The topological polar surface area (TPSA) is 81.3 Å². The number of rotatable bonds is 2. The SMILES string of the molecule is N#C/C(=C\c1cccc(O)c1Cl)C(=O)O. The second-order valence-electron chi connectivity index (χ2n) is 2.66. The first-order valence-electron chi connectivity index (χ1n) is 3.89. The van der Waals surface area contributed by atoms with Crippen molar-refractivity contribution in [2.75, 3.05) is 0 Å². The van der Waals surface area contributed by atoms with E-state index in [0.29, 0.717) is 0 Å². The Hall–Kier alpha value is -1.99.